The van der Waals surface area contributed by atoms with Crippen molar-refractivity contribution in [3.63, 3.8) is 0 Å². The van der Waals surface area contributed by atoms with Crippen LogP contribution in [0.3, 0.4) is 0 Å². The van der Waals surface area contributed by atoms with Crippen molar-refractivity contribution < 1.29 is 0 Å². The van der Waals surface area contributed by atoms with Crippen molar-refractivity contribution in [2.24, 2.45) is 5.73 Å². The van der Waals surface area contributed by atoms with Gasteiger partial charge in [-0.15, -0.1) is 12.4 Å². The molecule has 0 spiro atoms. The number of hydrogen-bond acceptors (Lipinski definition) is 1. The lowest BCUT2D eigenvalue weighted by Crippen LogP contribution is -2.08. The van der Waals surface area contributed by atoms with E-state index >= 15 is 0 Å². The van der Waals surface area contributed by atoms with Gasteiger partial charge in [-0.3, -0.25) is 0 Å². The van der Waals surface area contributed by atoms with Crippen LogP contribution in [0.2, 0.25) is 10.0 Å². The molecule has 0 aliphatic heterocycles. The summed E-state index contributed by atoms with van der Waals surface area (Å²) in [5.74, 6) is 0. The van der Waals surface area contributed by atoms with Gasteiger partial charge in [0.1, 0.15) is 0 Å². The molecule has 0 aliphatic carbocycles. The molecule has 0 bridgehead atoms. The maximum Gasteiger partial charge on any atom is 0.0424 e. The maximum atomic E-state index is 5.81. The van der Waals surface area contributed by atoms with E-state index in [4.69, 9.17) is 28.9 Å². The fraction of sp³-hybridized carbons (Fsp3) is 0.333. The van der Waals surface area contributed by atoms with Gasteiger partial charge in [0, 0.05) is 16.1 Å². The second kappa shape index (κ2) is 5.71. The molecule has 0 saturated heterocycles. The van der Waals surface area contributed by atoms with Crippen molar-refractivity contribution in [1.29, 1.82) is 0 Å². The summed E-state index contributed by atoms with van der Waals surface area (Å²) in [5.41, 5.74) is 6.81. The Hall–Kier alpha value is 0.0500. The Balaban J connectivity index is 0.00000144. The standard InChI is InChI=1S/C9H11Cl2N.ClH/c1-2-9(12)6-3-7(10)5-8(11)4-6;/h3-5,9H,2,12H2,1H3;1H. The second-order valence-electron chi connectivity index (χ2n) is 2.72. The third-order valence-corrected chi connectivity index (χ3v) is 2.19. The van der Waals surface area contributed by atoms with Gasteiger partial charge in [0.2, 0.25) is 0 Å². The Morgan fingerprint density at radius 2 is 1.69 bits per heavy atom. The average Bonchev–Trinajstić information content (AvgIpc) is 2.01. The molecule has 1 aromatic rings. The third-order valence-electron chi connectivity index (χ3n) is 1.75. The van der Waals surface area contributed by atoms with Crippen molar-refractivity contribution in [1.82, 2.24) is 0 Å². The minimum atomic E-state index is 0. The Bertz CT molecular complexity index is 255. The number of rotatable bonds is 2. The number of benzene rings is 1. The molecule has 0 aromatic heterocycles. The highest BCUT2D eigenvalue weighted by atomic mass is 35.5. The lowest BCUT2D eigenvalue weighted by Gasteiger charge is -2.09. The van der Waals surface area contributed by atoms with E-state index in [0.717, 1.165) is 12.0 Å². The van der Waals surface area contributed by atoms with E-state index in [0.29, 0.717) is 10.0 Å². The van der Waals surface area contributed by atoms with Crippen LogP contribution in [-0.2, 0) is 0 Å². The zero-order chi connectivity index (χ0) is 9.14. The summed E-state index contributed by atoms with van der Waals surface area (Å²) in [7, 11) is 0. The SMILES string of the molecule is CCC(N)c1cc(Cl)cc(Cl)c1.Cl. The van der Waals surface area contributed by atoms with Crippen LogP contribution in [0.15, 0.2) is 18.2 Å². The van der Waals surface area contributed by atoms with Crippen LogP contribution in [0.4, 0.5) is 0 Å². The molecule has 1 nitrogen and oxygen atoms in total. The molecular weight excluding hydrogens is 228 g/mol. The zero-order valence-corrected chi connectivity index (χ0v) is 9.59. The minimum absolute atomic E-state index is 0. The van der Waals surface area contributed by atoms with E-state index in [1.807, 2.05) is 19.1 Å². The summed E-state index contributed by atoms with van der Waals surface area (Å²) in [5, 5.41) is 1.28. The number of halogens is 3. The van der Waals surface area contributed by atoms with E-state index in [9.17, 15) is 0 Å². The lowest BCUT2D eigenvalue weighted by atomic mass is 10.1. The van der Waals surface area contributed by atoms with E-state index in [2.05, 4.69) is 0 Å². The third kappa shape index (κ3) is 3.74. The van der Waals surface area contributed by atoms with E-state index in [-0.39, 0.29) is 18.4 Å². The van der Waals surface area contributed by atoms with Crippen LogP contribution < -0.4 is 5.73 Å². The van der Waals surface area contributed by atoms with E-state index in [1.54, 1.807) is 6.07 Å². The summed E-state index contributed by atoms with van der Waals surface area (Å²) >= 11 is 11.6. The van der Waals surface area contributed by atoms with E-state index < -0.39 is 0 Å². The lowest BCUT2D eigenvalue weighted by molar-refractivity contribution is 0.699. The van der Waals surface area contributed by atoms with Crippen molar-refractivity contribution in [3.8, 4) is 0 Å². The van der Waals surface area contributed by atoms with Gasteiger partial charge >= 0.3 is 0 Å². The normalized spacial score (nSPS) is 12.0. The molecule has 13 heavy (non-hydrogen) atoms. The highest BCUT2D eigenvalue weighted by molar-refractivity contribution is 6.34. The summed E-state index contributed by atoms with van der Waals surface area (Å²) in [6.45, 7) is 2.03. The first-order valence-electron chi connectivity index (χ1n) is 3.85. The van der Waals surface area contributed by atoms with Crippen LogP contribution >= 0.6 is 35.6 Å². The summed E-state index contributed by atoms with van der Waals surface area (Å²) < 4.78 is 0. The highest BCUT2D eigenvalue weighted by Crippen LogP contribution is 2.23. The molecule has 0 heterocycles. The molecule has 0 amide bonds. The van der Waals surface area contributed by atoms with Gasteiger partial charge in [-0.1, -0.05) is 30.1 Å². The highest BCUT2D eigenvalue weighted by Gasteiger charge is 2.04. The predicted octanol–water partition coefficient (Wildman–Crippen LogP) is 3.83. The van der Waals surface area contributed by atoms with Crippen LogP contribution in [0.5, 0.6) is 0 Å². The largest absolute Gasteiger partial charge is 0.324 e. The Labute approximate surface area is 94.6 Å². The van der Waals surface area contributed by atoms with Gasteiger partial charge in [0.05, 0.1) is 0 Å². The van der Waals surface area contributed by atoms with Crippen LogP contribution in [0, 0.1) is 0 Å². The molecule has 1 atom stereocenters. The first-order chi connectivity index (χ1) is 5.63. The zero-order valence-electron chi connectivity index (χ0n) is 7.26. The minimum Gasteiger partial charge on any atom is -0.324 e. The van der Waals surface area contributed by atoms with E-state index in [1.165, 1.54) is 0 Å². The summed E-state index contributed by atoms with van der Waals surface area (Å²) in [4.78, 5) is 0. The average molecular weight is 241 g/mol. The van der Waals surface area contributed by atoms with Gasteiger partial charge in [0.25, 0.3) is 0 Å². The van der Waals surface area contributed by atoms with Crippen molar-refractivity contribution in [2.75, 3.05) is 0 Å². The smallest absolute Gasteiger partial charge is 0.0424 e. The molecule has 0 aliphatic rings. The first kappa shape index (κ1) is 13.1. The first-order valence-corrected chi connectivity index (χ1v) is 4.60. The van der Waals surface area contributed by atoms with Crippen LogP contribution in [-0.4, -0.2) is 0 Å². The molecular formula is C9H12Cl3N. The second-order valence-corrected chi connectivity index (χ2v) is 3.59. The van der Waals surface area contributed by atoms with Gasteiger partial charge < -0.3 is 5.73 Å². The predicted molar refractivity (Wildman–Crippen MR) is 60.9 cm³/mol. The Morgan fingerprint density at radius 1 is 1.23 bits per heavy atom. The fourth-order valence-corrected chi connectivity index (χ4v) is 1.57. The summed E-state index contributed by atoms with van der Waals surface area (Å²) in [6, 6.07) is 5.43. The molecule has 1 unspecified atom stereocenters. The molecule has 4 heteroatoms. The van der Waals surface area contributed by atoms with Crippen LogP contribution in [0.25, 0.3) is 0 Å². The maximum absolute atomic E-state index is 5.81. The van der Waals surface area contributed by atoms with Crippen molar-refractivity contribution in [2.45, 2.75) is 19.4 Å². The van der Waals surface area contributed by atoms with Crippen LogP contribution in [0.1, 0.15) is 24.9 Å². The molecule has 2 N–H and O–H groups in total. The number of hydrogen-bond donors (Lipinski definition) is 1. The van der Waals surface area contributed by atoms with Gasteiger partial charge in [-0.05, 0) is 30.2 Å². The van der Waals surface area contributed by atoms with Crippen molar-refractivity contribution in [3.05, 3.63) is 33.8 Å². The Kier molecular flexibility index (Phi) is 5.73. The molecule has 1 rings (SSSR count). The van der Waals surface area contributed by atoms with Crippen molar-refractivity contribution >= 4 is 35.6 Å². The molecule has 0 saturated carbocycles. The fourth-order valence-electron chi connectivity index (χ4n) is 1.02. The quantitative estimate of drug-likeness (QED) is 0.835. The number of nitrogens with two attached hydrogens (primary N) is 1. The van der Waals surface area contributed by atoms with Gasteiger partial charge in [-0.25, -0.2) is 0 Å². The Morgan fingerprint density at radius 3 is 2.08 bits per heavy atom. The summed E-state index contributed by atoms with van der Waals surface area (Å²) in [6.07, 6.45) is 0.886. The topological polar surface area (TPSA) is 26.0 Å². The van der Waals surface area contributed by atoms with Gasteiger partial charge in [0.15, 0.2) is 0 Å². The molecule has 74 valence electrons. The molecule has 0 fully saturated rings. The molecule has 0 radical (unpaired) electrons. The monoisotopic (exact) mass is 239 g/mol. The van der Waals surface area contributed by atoms with Gasteiger partial charge in [-0.2, -0.15) is 0 Å². The molecule has 1 aromatic carbocycles.